The van der Waals surface area contributed by atoms with Crippen molar-refractivity contribution < 1.29 is 17.9 Å². The Bertz CT molecular complexity index is 662. The number of hydrogen-bond acceptors (Lipinski definition) is 4. The van der Waals surface area contributed by atoms with Gasteiger partial charge in [0.05, 0.1) is 18.5 Å². The Balaban J connectivity index is 2.35. The van der Waals surface area contributed by atoms with Crippen molar-refractivity contribution in [2.45, 2.75) is 20.8 Å². The van der Waals surface area contributed by atoms with Crippen LogP contribution in [0, 0.1) is 5.41 Å². The number of benzene rings is 1. The summed E-state index contributed by atoms with van der Waals surface area (Å²) in [6.07, 6.45) is 1.16. The van der Waals surface area contributed by atoms with E-state index in [0.717, 1.165) is 6.26 Å². The first-order valence-corrected chi connectivity index (χ1v) is 8.50. The molecule has 21 heavy (non-hydrogen) atoms. The highest BCUT2D eigenvalue weighted by atomic mass is 32.2. The molecule has 0 radical (unpaired) electrons. The maximum absolute atomic E-state index is 12.0. The summed E-state index contributed by atoms with van der Waals surface area (Å²) in [5.74, 6) is 0.366. The number of sulfonamides is 1. The van der Waals surface area contributed by atoms with E-state index >= 15 is 0 Å². The number of nitrogens with zero attached hydrogens (tertiary/aromatic N) is 1. The van der Waals surface area contributed by atoms with E-state index in [1.807, 2.05) is 20.8 Å². The van der Waals surface area contributed by atoms with Crippen molar-refractivity contribution in [3.63, 3.8) is 0 Å². The lowest BCUT2D eigenvalue weighted by Gasteiger charge is -2.29. The Hall–Kier alpha value is -1.76. The van der Waals surface area contributed by atoms with Crippen molar-refractivity contribution >= 4 is 27.3 Å². The smallest absolute Gasteiger partial charge is 0.232 e. The third-order valence-electron chi connectivity index (χ3n) is 3.12. The minimum atomic E-state index is -3.37. The molecule has 1 aromatic rings. The molecule has 0 bridgehead atoms. The van der Waals surface area contributed by atoms with E-state index in [1.165, 1.54) is 4.31 Å². The molecule has 0 saturated heterocycles. The minimum absolute atomic E-state index is 0.134. The second kappa shape index (κ2) is 5.22. The van der Waals surface area contributed by atoms with E-state index in [-0.39, 0.29) is 12.5 Å². The first-order valence-electron chi connectivity index (χ1n) is 6.65. The number of rotatable bonds is 2. The quantitative estimate of drug-likeness (QED) is 0.904. The van der Waals surface area contributed by atoms with Crippen molar-refractivity contribution in [3.05, 3.63) is 18.2 Å². The van der Waals surface area contributed by atoms with E-state index in [2.05, 4.69) is 5.32 Å². The molecule has 116 valence electrons. The average Bonchev–Trinajstić information content (AvgIpc) is 2.35. The second-order valence-electron chi connectivity index (χ2n) is 6.07. The average molecular weight is 312 g/mol. The standard InChI is InChI=1S/C14H20N2O4S/c1-14(2,3)13(17)15-10-5-6-12-11(9-10)16(7-8-20-12)21(4,18)19/h5-6,9H,7-8H2,1-4H3,(H,15,17). The Labute approximate surface area is 125 Å². The molecule has 1 aliphatic heterocycles. The predicted molar refractivity (Wildman–Crippen MR) is 82.2 cm³/mol. The Morgan fingerprint density at radius 2 is 2.00 bits per heavy atom. The van der Waals surface area contributed by atoms with Crippen LogP contribution in [-0.4, -0.2) is 33.7 Å². The molecule has 0 unspecified atom stereocenters. The van der Waals surface area contributed by atoms with E-state index in [4.69, 9.17) is 4.74 Å². The van der Waals surface area contributed by atoms with E-state index in [9.17, 15) is 13.2 Å². The molecule has 6 nitrogen and oxygen atoms in total. The Morgan fingerprint density at radius 1 is 1.33 bits per heavy atom. The molecule has 0 aromatic heterocycles. The summed E-state index contributed by atoms with van der Waals surface area (Å²) in [5.41, 5.74) is 0.478. The molecular weight excluding hydrogens is 292 g/mol. The number of nitrogens with one attached hydrogen (secondary N) is 1. The lowest BCUT2D eigenvalue weighted by molar-refractivity contribution is -0.123. The van der Waals surface area contributed by atoms with E-state index in [0.29, 0.717) is 23.7 Å². The van der Waals surface area contributed by atoms with Crippen LogP contribution in [0.15, 0.2) is 18.2 Å². The van der Waals surface area contributed by atoms with Crippen LogP contribution in [0.25, 0.3) is 0 Å². The number of anilines is 2. The molecule has 0 aliphatic carbocycles. The number of carbonyl (C=O) groups is 1. The zero-order valence-electron chi connectivity index (χ0n) is 12.6. The zero-order chi connectivity index (χ0) is 15.8. The lowest BCUT2D eigenvalue weighted by atomic mass is 9.95. The van der Waals surface area contributed by atoms with Gasteiger partial charge in [0.15, 0.2) is 0 Å². The fourth-order valence-corrected chi connectivity index (χ4v) is 2.84. The fraction of sp³-hybridized carbons (Fsp3) is 0.500. The Kier molecular flexibility index (Phi) is 3.88. The van der Waals surface area contributed by atoms with Gasteiger partial charge in [-0.3, -0.25) is 9.10 Å². The maximum Gasteiger partial charge on any atom is 0.232 e. The maximum atomic E-state index is 12.0. The highest BCUT2D eigenvalue weighted by Gasteiger charge is 2.26. The van der Waals surface area contributed by atoms with Gasteiger partial charge in [-0.25, -0.2) is 8.42 Å². The number of hydrogen-bond donors (Lipinski definition) is 1. The fourth-order valence-electron chi connectivity index (χ4n) is 1.93. The monoisotopic (exact) mass is 312 g/mol. The molecule has 1 heterocycles. The van der Waals surface area contributed by atoms with E-state index in [1.54, 1.807) is 18.2 Å². The van der Waals surface area contributed by atoms with E-state index < -0.39 is 15.4 Å². The van der Waals surface area contributed by atoms with Crippen LogP contribution in [0.5, 0.6) is 5.75 Å². The molecule has 0 spiro atoms. The van der Waals surface area contributed by atoms with Crippen molar-refractivity contribution in [2.24, 2.45) is 5.41 Å². The van der Waals surface area contributed by atoms with Gasteiger partial charge in [-0.1, -0.05) is 20.8 Å². The van der Waals surface area contributed by atoms with Crippen molar-refractivity contribution in [3.8, 4) is 5.75 Å². The highest BCUT2D eigenvalue weighted by molar-refractivity contribution is 7.92. The first-order chi connectivity index (χ1) is 9.59. The predicted octanol–water partition coefficient (Wildman–Crippen LogP) is 1.83. The molecule has 0 saturated carbocycles. The molecule has 1 amide bonds. The second-order valence-corrected chi connectivity index (χ2v) is 7.98. The van der Waals surface area contributed by atoms with Crippen LogP contribution in [0.1, 0.15) is 20.8 Å². The molecule has 0 atom stereocenters. The third kappa shape index (κ3) is 3.47. The van der Waals surface area contributed by atoms with Crippen molar-refractivity contribution in [2.75, 3.05) is 29.0 Å². The van der Waals surface area contributed by atoms with Gasteiger partial charge in [0.2, 0.25) is 15.9 Å². The lowest BCUT2D eigenvalue weighted by Crippen LogP contribution is -2.37. The third-order valence-corrected chi connectivity index (χ3v) is 4.30. The summed E-state index contributed by atoms with van der Waals surface area (Å²) in [6, 6.07) is 5.00. The molecule has 7 heteroatoms. The van der Waals surface area contributed by atoms with Crippen molar-refractivity contribution in [1.29, 1.82) is 0 Å². The summed E-state index contributed by atoms with van der Waals surface area (Å²) in [5, 5.41) is 2.79. The summed E-state index contributed by atoms with van der Waals surface area (Å²) < 4.78 is 30.4. The topological polar surface area (TPSA) is 75.7 Å². The zero-order valence-corrected chi connectivity index (χ0v) is 13.5. The molecular formula is C14H20N2O4S. The van der Waals surface area contributed by atoms with Crippen LogP contribution in [0.4, 0.5) is 11.4 Å². The number of carbonyl (C=O) groups excluding carboxylic acids is 1. The highest BCUT2D eigenvalue weighted by Crippen LogP contribution is 2.35. The number of fused-ring (bicyclic) bond motifs is 1. The molecule has 2 rings (SSSR count). The van der Waals surface area contributed by atoms with Crippen molar-refractivity contribution in [1.82, 2.24) is 0 Å². The van der Waals surface area contributed by atoms with Gasteiger partial charge in [0.1, 0.15) is 12.4 Å². The minimum Gasteiger partial charge on any atom is -0.489 e. The van der Waals surface area contributed by atoms with Crippen LogP contribution >= 0.6 is 0 Å². The van der Waals surface area contributed by atoms with Crippen LogP contribution in [-0.2, 0) is 14.8 Å². The van der Waals surface area contributed by atoms with Crippen LogP contribution in [0.2, 0.25) is 0 Å². The number of ether oxygens (including phenoxy) is 1. The normalized spacial score (nSPS) is 15.1. The summed E-state index contributed by atoms with van der Waals surface area (Å²) in [6.45, 7) is 6.02. The summed E-state index contributed by atoms with van der Waals surface area (Å²) >= 11 is 0. The first kappa shape index (κ1) is 15.6. The van der Waals surface area contributed by atoms with Gasteiger partial charge in [-0.15, -0.1) is 0 Å². The SMILES string of the molecule is CC(C)(C)C(=O)Nc1ccc2c(c1)N(S(C)(=O)=O)CCO2. The van der Waals surface area contributed by atoms with Crippen LogP contribution in [0.3, 0.4) is 0 Å². The van der Waals surface area contributed by atoms with Gasteiger partial charge in [0.25, 0.3) is 0 Å². The van der Waals surface area contributed by atoms with Crippen LogP contribution < -0.4 is 14.4 Å². The van der Waals surface area contributed by atoms with Gasteiger partial charge in [-0.05, 0) is 18.2 Å². The molecule has 1 aromatic carbocycles. The Morgan fingerprint density at radius 3 is 2.57 bits per heavy atom. The summed E-state index contributed by atoms with van der Waals surface area (Å²) in [7, 11) is -3.37. The van der Waals surface area contributed by atoms with Gasteiger partial charge in [0, 0.05) is 11.1 Å². The van der Waals surface area contributed by atoms with Gasteiger partial charge < -0.3 is 10.1 Å². The summed E-state index contributed by atoms with van der Waals surface area (Å²) in [4.78, 5) is 12.0. The molecule has 1 aliphatic rings. The van der Waals surface area contributed by atoms with Gasteiger partial charge >= 0.3 is 0 Å². The molecule has 1 N–H and O–H groups in total. The van der Waals surface area contributed by atoms with Gasteiger partial charge in [-0.2, -0.15) is 0 Å². The molecule has 0 fully saturated rings. The largest absolute Gasteiger partial charge is 0.489 e. The number of amides is 1.